The maximum atomic E-state index is 9.98. The Balaban J connectivity index is 1.75. The second kappa shape index (κ2) is 5.85. The summed E-state index contributed by atoms with van der Waals surface area (Å²) in [5.41, 5.74) is 0. The van der Waals surface area contributed by atoms with E-state index in [9.17, 15) is 5.11 Å². The van der Waals surface area contributed by atoms with Gasteiger partial charge >= 0.3 is 0 Å². The van der Waals surface area contributed by atoms with Crippen LogP contribution >= 0.6 is 11.6 Å². The third kappa shape index (κ3) is 3.98. The largest absolute Gasteiger partial charge is 0.390 e. The Hall–Kier alpha value is -0.580. The van der Waals surface area contributed by atoms with Crippen molar-refractivity contribution in [1.82, 2.24) is 14.7 Å². The number of hydrogen-bond acceptors (Lipinski definition) is 3. The SMILES string of the molecule is CC1CCN(CC(O)Cn2cc(Cl)cn2)CC1. The smallest absolute Gasteiger partial charge is 0.0862 e. The van der Waals surface area contributed by atoms with Gasteiger partial charge in [0.05, 0.1) is 23.9 Å². The molecule has 2 rings (SSSR count). The maximum Gasteiger partial charge on any atom is 0.0862 e. The molecular weight excluding hydrogens is 238 g/mol. The van der Waals surface area contributed by atoms with Crippen molar-refractivity contribution in [2.24, 2.45) is 5.92 Å². The first kappa shape index (κ1) is 12.9. The van der Waals surface area contributed by atoms with E-state index in [2.05, 4.69) is 16.9 Å². The summed E-state index contributed by atoms with van der Waals surface area (Å²) in [4.78, 5) is 2.33. The minimum atomic E-state index is -0.376. The molecule has 1 aliphatic rings. The number of β-amino-alcohol motifs (C(OH)–C–C–N with tert-alkyl or cyclic N) is 1. The summed E-state index contributed by atoms with van der Waals surface area (Å²) in [6.45, 7) is 5.72. The molecule has 4 nitrogen and oxygen atoms in total. The zero-order valence-electron chi connectivity index (χ0n) is 10.2. The Bertz CT molecular complexity index is 347. The van der Waals surface area contributed by atoms with Crippen LogP contribution in [-0.4, -0.2) is 45.5 Å². The summed E-state index contributed by atoms with van der Waals surface area (Å²) < 4.78 is 1.69. The Morgan fingerprint density at radius 1 is 1.47 bits per heavy atom. The van der Waals surface area contributed by atoms with Crippen LogP contribution in [0.25, 0.3) is 0 Å². The fourth-order valence-electron chi connectivity index (χ4n) is 2.25. The number of nitrogens with zero attached hydrogens (tertiary/aromatic N) is 3. The van der Waals surface area contributed by atoms with Crippen LogP contribution in [0.4, 0.5) is 0 Å². The highest BCUT2D eigenvalue weighted by Crippen LogP contribution is 2.16. The number of piperidine rings is 1. The number of likely N-dealkylation sites (tertiary alicyclic amines) is 1. The fourth-order valence-corrected chi connectivity index (χ4v) is 2.41. The van der Waals surface area contributed by atoms with Crippen molar-refractivity contribution in [2.45, 2.75) is 32.4 Å². The minimum Gasteiger partial charge on any atom is -0.390 e. The zero-order chi connectivity index (χ0) is 12.3. The Morgan fingerprint density at radius 3 is 2.76 bits per heavy atom. The van der Waals surface area contributed by atoms with Crippen LogP contribution in [0.3, 0.4) is 0 Å². The topological polar surface area (TPSA) is 41.3 Å². The average Bonchev–Trinajstić information content (AvgIpc) is 2.67. The zero-order valence-corrected chi connectivity index (χ0v) is 11.0. The molecule has 1 saturated heterocycles. The monoisotopic (exact) mass is 257 g/mol. The van der Waals surface area contributed by atoms with Gasteiger partial charge in [0.25, 0.3) is 0 Å². The van der Waals surface area contributed by atoms with Crippen molar-refractivity contribution < 1.29 is 5.11 Å². The molecule has 0 amide bonds. The number of hydrogen-bond donors (Lipinski definition) is 1. The van der Waals surface area contributed by atoms with Crippen molar-refractivity contribution >= 4 is 11.6 Å². The number of halogens is 1. The standard InChI is InChI=1S/C12H20ClN3O/c1-10-2-4-15(5-3-10)8-12(17)9-16-7-11(13)6-14-16/h6-7,10,12,17H,2-5,8-9H2,1H3. The number of rotatable bonds is 4. The maximum absolute atomic E-state index is 9.98. The lowest BCUT2D eigenvalue weighted by atomic mass is 9.99. The van der Waals surface area contributed by atoms with Crippen molar-refractivity contribution in [3.63, 3.8) is 0 Å². The first-order valence-corrected chi connectivity index (χ1v) is 6.59. The lowest BCUT2D eigenvalue weighted by Gasteiger charge is -2.31. The van der Waals surface area contributed by atoms with E-state index in [0.717, 1.165) is 25.6 Å². The normalized spacial score (nSPS) is 20.6. The van der Waals surface area contributed by atoms with E-state index in [4.69, 9.17) is 11.6 Å². The molecule has 1 aliphatic heterocycles. The molecule has 0 aromatic carbocycles. The molecule has 2 heterocycles. The van der Waals surface area contributed by atoms with E-state index >= 15 is 0 Å². The van der Waals surface area contributed by atoms with Gasteiger partial charge in [-0.2, -0.15) is 5.10 Å². The quantitative estimate of drug-likeness (QED) is 0.892. The molecule has 1 unspecified atom stereocenters. The lowest BCUT2D eigenvalue weighted by Crippen LogP contribution is -2.39. The molecule has 1 atom stereocenters. The van der Waals surface area contributed by atoms with Crippen LogP contribution in [0, 0.1) is 5.92 Å². The average molecular weight is 258 g/mol. The summed E-state index contributed by atoms with van der Waals surface area (Å²) in [5, 5.41) is 14.7. The van der Waals surface area contributed by atoms with Gasteiger partial charge in [-0.15, -0.1) is 0 Å². The van der Waals surface area contributed by atoms with E-state index in [0.29, 0.717) is 11.6 Å². The first-order chi connectivity index (χ1) is 8.13. The Kier molecular flexibility index (Phi) is 4.42. The summed E-state index contributed by atoms with van der Waals surface area (Å²) in [7, 11) is 0. The highest BCUT2D eigenvalue weighted by Gasteiger charge is 2.18. The van der Waals surface area contributed by atoms with Crippen LogP contribution in [0.15, 0.2) is 12.4 Å². The molecule has 1 aromatic heterocycles. The molecule has 5 heteroatoms. The highest BCUT2D eigenvalue weighted by atomic mass is 35.5. The van der Waals surface area contributed by atoms with Gasteiger partial charge in [0.15, 0.2) is 0 Å². The Labute approximate surface area is 107 Å². The fraction of sp³-hybridized carbons (Fsp3) is 0.750. The van der Waals surface area contributed by atoms with Gasteiger partial charge in [-0.3, -0.25) is 4.68 Å². The van der Waals surface area contributed by atoms with Gasteiger partial charge in [-0.1, -0.05) is 18.5 Å². The molecule has 0 aliphatic carbocycles. The molecule has 0 saturated carbocycles. The van der Waals surface area contributed by atoms with Crippen molar-refractivity contribution in [1.29, 1.82) is 0 Å². The van der Waals surface area contributed by atoms with Crippen molar-refractivity contribution in [3.8, 4) is 0 Å². The first-order valence-electron chi connectivity index (χ1n) is 6.22. The predicted molar refractivity (Wildman–Crippen MR) is 68.1 cm³/mol. The van der Waals surface area contributed by atoms with E-state index < -0.39 is 0 Å². The molecule has 0 radical (unpaired) electrons. The molecule has 17 heavy (non-hydrogen) atoms. The van der Waals surface area contributed by atoms with Crippen LogP contribution in [0.1, 0.15) is 19.8 Å². The summed E-state index contributed by atoms with van der Waals surface area (Å²) in [5.74, 6) is 0.827. The van der Waals surface area contributed by atoms with Gasteiger partial charge in [0.2, 0.25) is 0 Å². The third-order valence-corrected chi connectivity index (χ3v) is 3.54. The molecule has 1 fully saturated rings. The molecule has 1 N–H and O–H groups in total. The second-order valence-corrected chi connectivity index (χ2v) is 5.45. The van der Waals surface area contributed by atoms with E-state index in [1.54, 1.807) is 17.1 Å². The third-order valence-electron chi connectivity index (χ3n) is 3.34. The van der Waals surface area contributed by atoms with Crippen LogP contribution in [-0.2, 0) is 6.54 Å². The number of aliphatic hydroxyl groups excluding tert-OH is 1. The molecule has 0 bridgehead atoms. The minimum absolute atomic E-state index is 0.376. The van der Waals surface area contributed by atoms with Crippen molar-refractivity contribution in [3.05, 3.63) is 17.4 Å². The molecular formula is C12H20ClN3O. The van der Waals surface area contributed by atoms with E-state index in [1.165, 1.54) is 12.8 Å². The second-order valence-electron chi connectivity index (χ2n) is 5.02. The molecule has 0 spiro atoms. The molecule has 96 valence electrons. The van der Waals surface area contributed by atoms with Gasteiger partial charge in [0.1, 0.15) is 0 Å². The van der Waals surface area contributed by atoms with E-state index in [-0.39, 0.29) is 6.10 Å². The van der Waals surface area contributed by atoms with Crippen molar-refractivity contribution in [2.75, 3.05) is 19.6 Å². The van der Waals surface area contributed by atoms with Gasteiger partial charge in [-0.05, 0) is 31.8 Å². The summed E-state index contributed by atoms with van der Waals surface area (Å²) in [6.07, 6.45) is 5.43. The Morgan fingerprint density at radius 2 is 2.18 bits per heavy atom. The predicted octanol–water partition coefficient (Wildman–Crippen LogP) is 1.63. The highest BCUT2D eigenvalue weighted by molar-refractivity contribution is 6.30. The molecule has 1 aromatic rings. The summed E-state index contributed by atoms with van der Waals surface area (Å²) in [6, 6.07) is 0. The van der Waals surface area contributed by atoms with Gasteiger partial charge in [0, 0.05) is 12.7 Å². The number of aromatic nitrogens is 2. The van der Waals surface area contributed by atoms with Gasteiger partial charge in [-0.25, -0.2) is 0 Å². The summed E-state index contributed by atoms with van der Waals surface area (Å²) >= 11 is 5.78. The van der Waals surface area contributed by atoms with Crippen LogP contribution < -0.4 is 0 Å². The lowest BCUT2D eigenvalue weighted by molar-refractivity contribution is 0.0777. The van der Waals surface area contributed by atoms with Gasteiger partial charge < -0.3 is 10.0 Å². The van der Waals surface area contributed by atoms with E-state index in [1.807, 2.05) is 0 Å². The van der Waals surface area contributed by atoms with Crippen LogP contribution in [0.2, 0.25) is 5.02 Å². The van der Waals surface area contributed by atoms with Crippen LogP contribution in [0.5, 0.6) is 0 Å². The number of aliphatic hydroxyl groups is 1.